The minimum Gasteiger partial charge on any atom is -0.309 e. The van der Waals surface area contributed by atoms with Gasteiger partial charge in [-0.3, -0.25) is 4.98 Å². The highest BCUT2D eigenvalue weighted by Crippen LogP contribution is 2.35. The monoisotopic (exact) mass is 373 g/mol. The first-order valence-corrected chi connectivity index (χ1v) is 9.62. The average molecular weight is 373 g/mol. The van der Waals surface area contributed by atoms with E-state index in [1.807, 2.05) is 24.3 Å². The largest absolute Gasteiger partial charge is 0.309 e. The highest BCUT2D eigenvalue weighted by Gasteiger charge is 2.14. The van der Waals surface area contributed by atoms with Crippen LogP contribution in [0.2, 0.25) is 0 Å². The summed E-state index contributed by atoms with van der Waals surface area (Å²) in [5, 5.41) is 12.1. The molecule has 0 aliphatic carbocycles. The lowest BCUT2D eigenvalue weighted by atomic mass is 10.0. The summed E-state index contributed by atoms with van der Waals surface area (Å²) in [5.74, 6) is 0. The molecule has 0 amide bonds. The Morgan fingerprint density at radius 2 is 1.38 bits per heavy atom. The van der Waals surface area contributed by atoms with Gasteiger partial charge in [0.15, 0.2) is 0 Å². The quantitative estimate of drug-likeness (QED) is 0.362. The standard InChI is InChI=1S/C26H19N3/c1-17-3-7-25-23(13-17)24-14-18(2)4-8-26(24)29(25)21-6-5-20(16-27)22(15-21)19-9-11-28-12-10-19/h3-15H,1-2H3. The number of fused-ring (bicyclic) bond motifs is 3. The van der Waals surface area contributed by atoms with Crippen LogP contribution in [-0.2, 0) is 0 Å². The summed E-state index contributed by atoms with van der Waals surface area (Å²) in [7, 11) is 0. The number of nitrogens with zero attached hydrogens (tertiary/aromatic N) is 3. The van der Waals surface area contributed by atoms with Gasteiger partial charge in [-0.15, -0.1) is 0 Å². The molecule has 0 saturated heterocycles. The average Bonchev–Trinajstić information content (AvgIpc) is 3.06. The number of aromatic nitrogens is 2. The lowest BCUT2D eigenvalue weighted by molar-refractivity contribution is 1.18. The third kappa shape index (κ3) is 2.78. The predicted molar refractivity (Wildman–Crippen MR) is 118 cm³/mol. The molecule has 5 aromatic rings. The Morgan fingerprint density at radius 1 is 0.759 bits per heavy atom. The van der Waals surface area contributed by atoms with Gasteiger partial charge in [0.05, 0.1) is 22.7 Å². The van der Waals surface area contributed by atoms with Gasteiger partial charge in [0, 0.05) is 34.4 Å². The SMILES string of the molecule is Cc1ccc2c(c1)c1cc(C)ccc1n2-c1ccc(C#N)c(-c2ccncc2)c1. The Morgan fingerprint density at radius 3 is 1.97 bits per heavy atom. The minimum absolute atomic E-state index is 0.660. The second-order valence-electron chi connectivity index (χ2n) is 7.45. The fourth-order valence-corrected chi connectivity index (χ4v) is 4.07. The van der Waals surface area contributed by atoms with E-state index in [4.69, 9.17) is 0 Å². The molecule has 3 aromatic carbocycles. The van der Waals surface area contributed by atoms with E-state index < -0.39 is 0 Å². The molecule has 0 unspecified atom stereocenters. The third-order valence-electron chi connectivity index (χ3n) is 5.45. The molecule has 3 heteroatoms. The molecular formula is C26H19N3. The first-order chi connectivity index (χ1) is 14.2. The smallest absolute Gasteiger partial charge is 0.0998 e. The van der Waals surface area contributed by atoms with Crippen LogP contribution in [-0.4, -0.2) is 9.55 Å². The van der Waals surface area contributed by atoms with Crippen molar-refractivity contribution in [3.05, 3.63) is 95.8 Å². The Kier molecular flexibility index (Phi) is 3.93. The van der Waals surface area contributed by atoms with Crippen LogP contribution in [0.3, 0.4) is 0 Å². The van der Waals surface area contributed by atoms with E-state index in [0.717, 1.165) is 16.8 Å². The van der Waals surface area contributed by atoms with E-state index >= 15 is 0 Å². The molecular weight excluding hydrogens is 354 g/mol. The van der Waals surface area contributed by atoms with E-state index in [-0.39, 0.29) is 0 Å². The van der Waals surface area contributed by atoms with Gasteiger partial charge in [-0.05, 0) is 74.0 Å². The van der Waals surface area contributed by atoms with Crippen LogP contribution in [0.1, 0.15) is 16.7 Å². The van der Waals surface area contributed by atoms with Crippen molar-refractivity contribution in [2.45, 2.75) is 13.8 Å². The van der Waals surface area contributed by atoms with Gasteiger partial charge >= 0.3 is 0 Å². The summed E-state index contributed by atoms with van der Waals surface area (Å²) in [5.41, 5.74) is 8.44. The topological polar surface area (TPSA) is 41.6 Å². The van der Waals surface area contributed by atoms with Crippen molar-refractivity contribution >= 4 is 21.8 Å². The molecule has 0 bridgehead atoms. The fraction of sp³-hybridized carbons (Fsp3) is 0.0769. The van der Waals surface area contributed by atoms with Crippen LogP contribution in [0.4, 0.5) is 0 Å². The lowest BCUT2D eigenvalue weighted by Gasteiger charge is -2.12. The predicted octanol–water partition coefficient (Wildman–Crippen LogP) is 6.33. The van der Waals surface area contributed by atoms with Crippen molar-refractivity contribution in [2.75, 3.05) is 0 Å². The molecule has 2 aromatic heterocycles. The molecule has 0 aliphatic rings. The molecule has 3 nitrogen and oxygen atoms in total. The van der Waals surface area contributed by atoms with Crippen LogP contribution in [0, 0.1) is 25.2 Å². The van der Waals surface area contributed by atoms with E-state index in [9.17, 15) is 5.26 Å². The Balaban J connectivity index is 1.86. The maximum Gasteiger partial charge on any atom is 0.0998 e. The van der Waals surface area contributed by atoms with Crippen molar-refractivity contribution in [3.8, 4) is 22.9 Å². The normalized spacial score (nSPS) is 11.1. The van der Waals surface area contributed by atoms with Crippen LogP contribution < -0.4 is 0 Å². The number of hydrogen-bond donors (Lipinski definition) is 0. The number of rotatable bonds is 2. The zero-order valence-corrected chi connectivity index (χ0v) is 16.3. The van der Waals surface area contributed by atoms with Crippen molar-refractivity contribution < 1.29 is 0 Å². The Bertz CT molecular complexity index is 1360. The summed E-state index contributed by atoms with van der Waals surface area (Å²) in [6, 6.07) is 25.4. The molecule has 0 saturated carbocycles. The number of nitriles is 1. The molecule has 0 N–H and O–H groups in total. The van der Waals surface area contributed by atoms with Gasteiger partial charge in [-0.25, -0.2) is 0 Å². The van der Waals surface area contributed by atoms with Crippen LogP contribution >= 0.6 is 0 Å². The van der Waals surface area contributed by atoms with E-state index in [1.165, 1.54) is 32.9 Å². The highest BCUT2D eigenvalue weighted by molar-refractivity contribution is 6.09. The maximum atomic E-state index is 9.63. The molecule has 138 valence electrons. The van der Waals surface area contributed by atoms with Crippen LogP contribution in [0.15, 0.2) is 79.1 Å². The lowest BCUT2D eigenvalue weighted by Crippen LogP contribution is -1.96. The Hall–Kier alpha value is -3.90. The molecule has 2 heterocycles. The van der Waals surface area contributed by atoms with Crippen molar-refractivity contribution in [3.63, 3.8) is 0 Å². The van der Waals surface area contributed by atoms with Gasteiger partial charge in [-0.1, -0.05) is 23.3 Å². The van der Waals surface area contributed by atoms with Crippen LogP contribution in [0.5, 0.6) is 0 Å². The van der Waals surface area contributed by atoms with Crippen molar-refractivity contribution in [1.29, 1.82) is 5.26 Å². The molecule has 29 heavy (non-hydrogen) atoms. The number of aryl methyl sites for hydroxylation is 2. The van der Waals surface area contributed by atoms with Crippen LogP contribution in [0.25, 0.3) is 38.6 Å². The first kappa shape index (κ1) is 17.2. The molecule has 0 spiro atoms. The minimum atomic E-state index is 0.660. The Labute approximate surface area is 169 Å². The van der Waals surface area contributed by atoms with E-state index in [1.54, 1.807) is 12.4 Å². The second kappa shape index (κ2) is 6.61. The van der Waals surface area contributed by atoms with E-state index in [0.29, 0.717) is 5.56 Å². The van der Waals surface area contributed by atoms with Crippen molar-refractivity contribution in [1.82, 2.24) is 9.55 Å². The van der Waals surface area contributed by atoms with Gasteiger partial charge in [0.2, 0.25) is 0 Å². The van der Waals surface area contributed by atoms with Gasteiger partial charge in [0.1, 0.15) is 0 Å². The van der Waals surface area contributed by atoms with Gasteiger partial charge in [0.25, 0.3) is 0 Å². The molecule has 0 fully saturated rings. The number of hydrogen-bond acceptors (Lipinski definition) is 2. The van der Waals surface area contributed by atoms with E-state index in [2.05, 4.69) is 71.9 Å². The zero-order chi connectivity index (χ0) is 20.0. The molecule has 0 aliphatic heterocycles. The number of pyridine rings is 1. The number of benzene rings is 3. The highest BCUT2D eigenvalue weighted by atomic mass is 15.0. The second-order valence-corrected chi connectivity index (χ2v) is 7.45. The molecule has 5 rings (SSSR count). The maximum absolute atomic E-state index is 9.63. The summed E-state index contributed by atoms with van der Waals surface area (Å²) in [6.45, 7) is 4.25. The summed E-state index contributed by atoms with van der Waals surface area (Å²) >= 11 is 0. The van der Waals surface area contributed by atoms with Crippen molar-refractivity contribution in [2.24, 2.45) is 0 Å². The van der Waals surface area contributed by atoms with Gasteiger partial charge in [-0.2, -0.15) is 5.26 Å². The van der Waals surface area contributed by atoms with Gasteiger partial charge < -0.3 is 4.57 Å². The fourth-order valence-electron chi connectivity index (χ4n) is 4.07. The zero-order valence-electron chi connectivity index (χ0n) is 16.3. The summed E-state index contributed by atoms with van der Waals surface area (Å²) in [4.78, 5) is 4.11. The molecule has 0 radical (unpaired) electrons. The first-order valence-electron chi connectivity index (χ1n) is 9.62. The molecule has 0 atom stereocenters. The summed E-state index contributed by atoms with van der Waals surface area (Å²) < 4.78 is 2.29. The third-order valence-corrected chi connectivity index (χ3v) is 5.45. The summed E-state index contributed by atoms with van der Waals surface area (Å²) in [6.07, 6.45) is 3.52.